The van der Waals surface area contributed by atoms with E-state index in [1.54, 1.807) is 4.90 Å². The Morgan fingerprint density at radius 1 is 1.41 bits per heavy atom. The third-order valence-corrected chi connectivity index (χ3v) is 4.58. The zero-order chi connectivity index (χ0) is 15.7. The molecule has 0 saturated carbocycles. The average molecular weight is 322 g/mol. The first-order valence-electron chi connectivity index (χ1n) is 6.67. The van der Waals surface area contributed by atoms with E-state index in [0.717, 1.165) is 10.6 Å². The van der Waals surface area contributed by atoms with Gasteiger partial charge in [-0.25, -0.2) is 4.98 Å². The van der Waals surface area contributed by atoms with Gasteiger partial charge in [0.2, 0.25) is 5.76 Å². The maximum Gasteiger partial charge on any atom is 0.292 e. The van der Waals surface area contributed by atoms with Crippen LogP contribution < -0.4 is 10.5 Å². The topological polar surface area (TPSA) is 112 Å². The Hall–Kier alpha value is -2.42. The summed E-state index contributed by atoms with van der Waals surface area (Å²) in [4.78, 5) is 30.5. The lowest BCUT2D eigenvalue weighted by atomic mass is 10.2. The molecule has 1 aliphatic heterocycles. The number of carbonyl (C=O) groups is 2. The Labute approximate surface area is 129 Å². The zero-order valence-corrected chi connectivity index (χ0v) is 12.7. The number of thiazole rings is 1. The number of primary amides is 1. The summed E-state index contributed by atoms with van der Waals surface area (Å²) in [5, 5.41) is 3.95. The van der Waals surface area contributed by atoms with Crippen LogP contribution in [0.2, 0.25) is 0 Å². The largest absolute Gasteiger partial charge is 0.479 e. The number of hydrogen-bond donors (Lipinski definition) is 1. The molecule has 22 heavy (non-hydrogen) atoms. The van der Waals surface area contributed by atoms with Crippen LogP contribution in [0.3, 0.4) is 0 Å². The SMILES string of the molecule is COc1cc(C(=O)N2CCc3nc(C(N)=O)sc3CC2)on1. The van der Waals surface area contributed by atoms with Gasteiger partial charge in [-0.2, -0.15) is 0 Å². The Kier molecular flexibility index (Phi) is 3.80. The van der Waals surface area contributed by atoms with Gasteiger partial charge >= 0.3 is 0 Å². The highest BCUT2D eigenvalue weighted by molar-refractivity contribution is 7.13. The predicted octanol–water partition coefficient (Wildman–Crippen LogP) is 0.480. The molecule has 1 aliphatic rings. The van der Waals surface area contributed by atoms with Crippen molar-refractivity contribution in [2.24, 2.45) is 5.73 Å². The molecular weight excluding hydrogens is 308 g/mol. The summed E-state index contributed by atoms with van der Waals surface area (Å²) in [6, 6.07) is 1.46. The van der Waals surface area contributed by atoms with Gasteiger partial charge in [-0.15, -0.1) is 11.3 Å². The molecule has 8 nitrogen and oxygen atoms in total. The van der Waals surface area contributed by atoms with Gasteiger partial charge in [0.15, 0.2) is 5.01 Å². The molecule has 2 N–H and O–H groups in total. The van der Waals surface area contributed by atoms with Gasteiger partial charge in [0.1, 0.15) is 0 Å². The van der Waals surface area contributed by atoms with Crippen molar-refractivity contribution in [1.82, 2.24) is 15.0 Å². The molecule has 0 aromatic carbocycles. The monoisotopic (exact) mass is 322 g/mol. The van der Waals surface area contributed by atoms with E-state index in [1.807, 2.05) is 0 Å². The normalized spacial score (nSPS) is 14.3. The lowest BCUT2D eigenvalue weighted by Gasteiger charge is -2.18. The van der Waals surface area contributed by atoms with Crippen molar-refractivity contribution in [2.45, 2.75) is 12.8 Å². The summed E-state index contributed by atoms with van der Waals surface area (Å²) in [5.74, 6) is -0.334. The second kappa shape index (κ2) is 5.76. The van der Waals surface area contributed by atoms with Crippen LogP contribution in [-0.2, 0) is 12.8 Å². The lowest BCUT2D eigenvalue weighted by molar-refractivity contribution is 0.0720. The van der Waals surface area contributed by atoms with Crippen LogP contribution >= 0.6 is 11.3 Å². The second-order valence-corrected chi connectivity index (χ2v) is 5.86. The average Bonchev–Trinajstić information content (AvgIpc) is 3.10. The molecule has 0 aliphatic carbocycles. The van der Waals surface area contributed by atoms with E-state index < -0.39 is 5.91 Å². The van der Waals surface area contributed by atoms with Gasteiger partial charge in [0.05, 0.1) is 18.9 Å². The number of methoxy groups -OCH3 is 1. The minimum absolute atomic E-state index is 0.146. The van der Waals surface area contributed by atoms with Crippen LogP contribution in [0.25, 0.3) is 0 Å². The maximum absolute atomic E-state index is 12.4. The van der Waals surface area contributed by atoms with E-state index in [-0.39, 0.29) is 17.5 Å². The van der Waals surface area contributed by atoms with E-state index in [9.17, 15) is 9.59 Å². The Morgan fingerprint density at radius 3 is 2.86 bits per heavy atom. The molecule has 0 bridgehead atoms. The van der Waals surface area contributed by atoms with Crippen molar-refractivity contribution in [3.63, 3.8) is 0 Å². The van der Waals surface area contributed by atoms with Crippen molar-refractivity contribution < 1.29 is 18.8 Å². The first-order valence-corrected chi connectivity index (χ1v) is 7.48. The highest BCUT2D eigenvalue weighted by Crippen LogP contribution is 2.23. The second-order valence-electron chi connectivity index (χ2n) is 4.78. The minimum Gasteiger partial charge on any atom is -0.479 e. The maximum atomic E-state index is 12.4. The first kappa shape index (κ1) is 14.5. The van der Waals surface area contributed by atoms with Gasteiger partial charge in [-0.05, 0) is 5.16 Å². The molecule has 116 valence electrons. The third-order valence-electron chi connectivity index (χ3n) is 3.41. The molecule has 2 aromatic heterocycles. The summed E-state index contributed by atoms with van der Waals surface area (Å²) in [6.45, 7) is 1.02. The van der Waals surface area contributed by atoms with Crippen molar-refractivity contribution >= 4 is 23.2 Å². The summed E-state index contributed by atoms with van der Waals surface area (Å²) in [7, 11) is 1.46. The summed E-state index contributed by atoms with van der Waals surface area (Å²) in [6.07, 6.45) is 1.22. The summed E-state index contributed by atoms with van der Waals surface area (Å²) >= 11 is 1.29. The van der Waals surface area contributed by atoms with Gasteiger partial charge in [0, 0.05) is 30.8 Å². The fourth-order valence-corrected chi connectivity index (χ4v) is 3.23. The molecule has 0 fully saturated rings. The lowest BCUT2D eigenvalue weighted by Crippen LogP contribution is -2.33. The van der Waals surface area contributed by atoms with E-state index >= 15 is 0 Å². The molecule has 9 heteroatoms. The molecule has 2 amide bonds. The third kappa shape index (κ3) is 2.67. The molecule has 0 atom stereocenters. The Morgan fingerprint density at radius 2 is 2.18 bits per heavy atom. The quantitative estimate of drug-likeness (QED) is 0.879. The van der Waals surface area contributed by atoms with E-state index in [4.69, 9.17) is 15.0 Å². The van der Waals surface area contributed by atoms with Gasteiger partial charge in [0.25, 0.3) is 17.7 Å². The van der Waals surface area contributed by atoms with E-state index in [1.165, 1.54) is 24.5 Å². The van der Waals surface area contributed by atoms with Crippen molar-refractivity contribution in [3.05, 3.63) is 27.4 Å². The molecule has 2 aromatic rings. The molecular formula is C13H14N4O4S. The fraction of sp³-hybridized carbons (Fsp3) is 0.385. The standard InChI is InChI=1S/C13H14N4O4S/c1-20-10-6-8(21-16-10)13(19)17-4-2-7-9(3-5-17)22-12(15-7)11(14)18/h6H,2-5H2,1H3,(H2,14,18). The molecule has 0 spiro atoms. The summed E-state index contributed by atoms with van der Waals surface area (Å²) < 4.78 is 9.88. The van der Waals surface area contributed by atoms with Crippen LogP contribution in [-0.4, -0.2) is 47.1 Å². The molecule has 0 unspecified atom stereocenters. The zero-order valence-electron chi connectivity index (χ0n) is 11.9. The predicted molar refractivity (Wildman–Crippen MR) is 77.0 cm³/mol. The Balaban J connectivity index is 1.72. The van der Waals surface area contributed by atoms with Crippen molar-refractivity contribution in [2.75, 3.05) is 20.2 Å². The van der Waals surface area contributed by atoms with Crippen molar-refractivity contribution in [3.8, 4) is 5.88 Å². The number of rotatable bonds is 3. The van der Waals surface area contributed by atoms with E-state index in [2.05, 4.69) is 10.1 Å². The van der Waals surface area contributed by atoms with Gasteiger partial charge in [-0.1, -0.05) is 0 Å². The number of ether oxygens (including phenoxy) is 1. The highest BCUT2D eigenvalue weighted by atomic mass is 32.1. The van der Waals surface area contributed by atoms with Crippen molar-refractivity contribution in [1.29, 1.82) is 0 Å². The van der Waals surface area contributed by atoms with Crippen LogP contribution in [0.5, 0.6) is 5.88 Å². The number of carbonyl (C=O) groups excluding carboxylic acids is 2. The fourth-order valence-electron chi connectivity index (χ4n) is 2.28. The van der Waals surface area contributed by atoms with Crippen LogP contribution in [0.4, 0.5) is 0 Å². The van der Waals surface area contributed by atoms with Gasteiger partial charge in [-0.3, -0.25) is 9.59 Å². The smallest absolute Gasteiger partial charge is 0.292 e. The van der Waals surface area contributed by atoms with Crippen LogP contribution in [0.15, 0.2) is 10.6 Å². The number of aromatic nitrogens is 2. The number of fused-ring (bicyclic) bond motifs is 1. The Bertz CT molecular complexity index is 698. The number of amides is 2. The molecule has 3 heterocycles. The van der Waals surface area contributed by atoms with Gasteiger partial charge < -0.3 is 19.9 Å². The van der Waals surface area contributed by atoms with Crippen LogP contribution in [0, 0.1) is 0 Å². The van der Waals surface area contributed by atoms with Crippen LogP contribution in [0.1, 0.15) is 30.9 Å². The van der Waals surface area contributed by atoms with E-state index in [0.29, 0.717) is 30.9 Å². The first-order chi connectivity index (χ1) is 10.6. The molecule has 0 saturated heterocycles. The molecule has 3 rings (SSSR count). The minimum atomic E-state index is -0.514. The highest BCUT2D eigenvalue weighted by Gasteiger charge is 2.25. The number of nitrogens with two attached hydrogens (primary N) is 1. The number of hydrogen-bond acceptors (Lipinski definition) is 7. The molecule has 0 radical (unpaired) electrons. The summed E-state index contributed by atoms with van der Waals surface area (Å²) in [5.41, 5.74) is 6.08. The number of nitrogens with zero attached hydrogens (tertiary/aromatic N) is 3.